The van der Waals surface area contributed by atoms with Gasteiger partial charge in [-0.15, -0.1) is 0 Å². The molecular formula is C14H17NO5S. The summed E-state index contributed by atoms with van der Waals surface area (Å²) >= 11 is 4.50. The van der Waals surface area contributed by atoms with Gasteiger partial charge in [0.05, 0.1) is 17.8 Å². The minimum Gasteiger partial charge on any atom is -0.462 e. The number of nitrogens with zero attached hydrogens (tertiary/aromatic N) is 1. The summed E-state index contributed by atoms with van der Waals surface area (Å²) in [4.78, 5) is 3.83. The molecule has 5 unspecified atom stereocenters. The molecule has 0 aliphatic carbocycles. The van der Waals surface area contributed by atoms with Crippen LogP contribution in [0.1, 0.15) is 12.5 Å². The molecule has 21 heavy (non-hydrogen) atoms. The molecule has 3 N–H and O–H groups in total. The van der Waals surface area contributed by atoms with Gasteiger partial charge in [-0.25, -0.2) is 4.99 Å². The second-order valence-electron chi connectivity index (χ2n) is 4.85. The Morgan fingerprint density at radius 2 is 1.86 bits per heavy atom. The lowest BCUT2D eigenvalue weighted by molar-refractivity contribution is -0.268. The monoisotopic (exact) mass is 311 g/mol. The van der Waals surface area contributed by atoms with Crippen LogP contribution in [0.2, 0.25) is 0 Å². The minimum absolute atomic E-state index is 0.439. The smallest absolute Gasteiger partial charge is 0.229 e. The third-order valence-electron chi connectivity index (χ3n) is 3.31. The van der Waals surface area contributed by atoms with E-state index in [1.807, 2.05) is 0 Å². The number of hydrogen-bond acceptors (Lipinski definition) is 7. The quantitative estimate of drug-likeness (QED) is 0.554. The molecule has 1 heterocycles. The van der Waals surface area contributed by atoms with Crippen molar-refractivity contribution in [2.45, 2.75) is 44.2 Å². The molecule has 0 radical (unpaired) electrons. The Balaban J connectivity index is 2.02. The fraction of sp³-hybridized carbons (Fsp3) is 0.500. The molecule has 1 saturated heterocycles. The van der Waals surface area contributed by atoms with E-state index < -0.39 is 30.7 Å². The van der Waals surface area contributed by atoms with Gasteiger partial charge in [0.2, 0.25) is 6.29 Å². The maximum Gasteiger partial charge on any atom is 0.229 e. The van der Waals surface area contributed by atoms with Gasteiger partial charge in [0.15, 0.2) is 0 Å². The summed E-state index contributed by atoms with van der Waals surface area (Å²) in [7, 11) is 0. The highest BCUT2D eigenvalue weighted by atomic mass is 32.1. The van der Waals surface area contributed by atoms with Gasteiger partial charge in [-0.1, -0.05) is 12.1 Å². The second-order valence-corrected chi connectivity index (χ2v) is 5.03. The third-order valence-corrected chi connectivity index (χ3v) is 3.44. The molecule has 1 aromatic carbocycles. The zero-order valence-electron chi connectivity index (χ0n) is 11.4. The zero-order valence-corrected chi connectivity index (χ0v) is 12.2. The molecule has 1 aliphatic heterocycles. The van der Waals surface area contributed by atoms with Gasteiger partial charge in [0.25, 0.3) is 0 Å². The SMILES string of the molecule is CC1OC(Oc2ccc(CN=C=S)cc2)C(O)C(O)C1O. The van der Waals surface area contributed by atoms with Crippen LogP contribution < -0.4 is 4.74 Å². The van der Waals surface area contributed by atoms with Gasteiger partial charge in [-0.05, 0) is 36.8 Å². The van der Waals surface area contributed by atoms with Crippen molar-refractivity contribution in [3.63, 3.8) is 0 Å². The van der Waals surface area contributed by atoms with E-state index in [9.17, 15) is 15.3 Å². The van der Waals surface area contributed by atoms with Crippen molar-refractivity contribution in [3.8, 4) is 5.75 Å². The molecule has 2 rings (SSSR count). The van der Waals surface area contributed by atoms with Crippen LogP contribution >= 0.6 is 12.2 Å². The van der Waals surface area contributed by atoms with Crippen LogP contribution in [0, 0.1) is 0 Å². The van der Waals surface area contributed by atoms with E-state index in [1.165, 1.54) is 0 Å². The Hall–Kier alpha value is -1.34. The van der Waals surface area contributed by atoms with Crippen LogP contribution in [0.4, 0.5) is 0 Å². The predicted octanol–water partition coefficient (Wildman–Crippen LogP) is 0.496. The summed E-state index contributed by atoms with van der Waals surface area (Å²) in [5.41, 5.74) is 0.939. The number of benzene rings is 1. The van der Waals surface area contributed by atoms with Gasteiger partial charge < -0.3 is 24.8 Å². The third kappa shape index (κ3) is 3.85. The highest BCUT2D eigenvalue weighted by Crippen LogP contribution is 2.24. The van der Waals surface area contributed by atoms with Crippen molar-refractivity contribution in [2.75, 3.05) is 0 Å². The van der Waals surface area contributed by atoms with E-state index in [4.69, 9.17) is 9.47 Å². The number of aliphatic imine (C=N–C) groups is 1. The van der Waals surface area contributed by atoms with Gasteiger partial charge in [-0.3, -0.25) is 0 Å². The maximum atomic E-state index is 9.86. The van der Waals surface area contributed by atoms with Crippen molar-refractivity contribution in [1.29, 1.82) is 0 Å². The van der Waals surface area contributed by atoms with Crippen molar-refractivity contribution < 1.29 is 24.8 Å². The maximum absolute atomic E-state index is 9.86. The second kappa shape index (κ2) is 7.09. The number of aliphatic hydroxyl groups is 3. The summed E-state index contributed by atoms with van der Waals surface area (Å²) in [5.74, 6) is 0.477. The Kier molecular flexibility index (Phi) is 5.41. The van der Waals surface area contributed by atoms with Crippen molar-refractivity contribution in [3.05, 3.63) is 29.8 Å². The number of ether oxygens (including phenoxy) is 2. The molecule has 0 aromatic heterocycles. The molecular weight excluding hydrogens is 294 g/mol. The van der Waals surface area contributed by atoms with Crippen LogP contribution in [0.3, 0.4) is 0 Å². The van der Waals surface area contributed by atoms with Gasteiger partial charge in [-0.2, -0.15) is 0 Å². The summed E-state index contributed by atoms with van der Waals surface area (Å²) in [6.45, 7) is 2.04. The average molecular weight is 311 g/mol. The van der Waals surface area contributed by atoms with Crippen molar-refractivity contribution >= 4 is 17.4 Å². The molecule has 0 spiro atoms. The van der Waals surface area contributed by atoms with Crippen LogP contribution in [0.25, 0.3) is 0 Å². The van der Waals surface area contributed by atoms with E-state index >= 15 is 0 Å². The summed E-state index contributed by atoms with van der Waals surface area (Å²) in [6.07, 6.45) is -5.45. The topological polar surface area (TPSA) is 91.5 Å². The molecule has 0 saturated carbocycles. The Labute approximate surface area is 127 Å². The molecule has 0 amide bonds. The summed E-state index contributed by atoms with van der Waals surface area (Å²) < 4.78 is 10.9. The Morgan fingerprint density at radius 1 is 1.19 bits per heavy atom. The normalized spacial score (nSPS) is 32.3. The molecule has 1 aromatic rings. The largest absolute Gasteiger partial charge is 0.462 e. The van der Waals surface area contributed by atoms with Crippen LogP contribution in [0.5, 0.6) is 5.75 Å². The average Bonchev–Trinajstić information content (AvgIpc) is 2.50. The lowest BCUT2D eigenvalue weighted by Gasteiger charge is -2.38. The first kappa shape index (κ1) is 16.0. The molecule has 5 atom stereocenters. The summed E-state index contributed by atoms with van der Waals surface area (Å²) in [5, 5.41) is 31.5. The first-order chi connectivity index (χ1) is 10.0. The van der Waals surface area contributed by atoms with E-state index in [2.05, 4.69) is 22.4 Å². The van der Waals surface area contributed by atoms with Crippen molar-refractivity contribution in [2.24, 2.45) is 4.99 Å². The van der Waals surface area contributed by atoms with E-state index in [-0.39, 0.29) is 0 Å². The number of thiocarbonyl (C=S) groups is 1. The van der Waals surface area contributed by atoms with Gasteiger partial charge >= 0.3 is 0 Å². The highest BCUT2D eigenvalue weighted by Gasteiger charge is 2.43. The van der Waals surface area contributed by atoms with Crippen LogP contribution in [-0.2, 0) is 11.3 Å². The lowest BCUT2D eigenvalue weighted by Crippen LogP contribution is -2.58. The first-order valence-corrected chi connectivity index (χ1v) is 6.92. The number of aliphatic hydroxyl groups excluding tert-OH is 3. The highest BCUT2D eigenvalue weighted by molar-refractivity contribution is 7.78. The van der Waals surface area contributed by atoms with Gasteiger partial charge in [0.1, 0.15) is 24.1 Å². The minimum atomic E-state index is -1.32. The Morgan fingerprint density at radius 3 is 2.48 bits per heavy atom. The molecule has 0 bridgehead atoms. The van der Waals surface area contributed by atoms with E-state index in [1.54, 1.807) is 31.2 Å². The molecule has 6 nitrogen and oxygen atoms in total. The lowest BCUT2D eigenvalue weighted by atomic mass is 10.00. The summed E-state index contributed by atoms with van der Waals surface area (Å²) in [6, 6.07) is 7.00. The molecule has 7 heteroatoms. The van der Waals surface area contributed by atoms with Crippen LogP contribution in [0.15, 0.2) is 29.3 Å². The zero-order chi connectivity index (χ0) is 15.4. The van der Waals surface area contributed by atoms with Gasteiger partial charge in [0, 0.05) is 0 Å². The first-order valence-electron chi connectivity index (χ1n) is 6.52. The van der Waals surface area contributed by atoms with E-state index in [0.29, 0.717) is 12.3 Å². The fourth-order valence-corrected chi connectivity index (χ4v) is 2.11. The predicted molar refractivity (Wildman–Crippen MR) is 78.2 cm³/mol. The number of hydrogen-bond donors (Lipinski definition) is 3. The molecule has 1 fully saturated rings. The van der Waals surface area contributed by atoms with E-state index in [0.717, 1.165) is 5.56 Å². The molecule has 1 aliphatic rings. The molecule has 114 valence electrons. The number of isothiocyanates is 1. The van der Waals surface area contributed by atoms with Crippen LogP contribution in [-0.4, -0.2) is 51.2 Å². The standard InChI is InChI=1S/C14H17NO5S/c1-8-11(16)12(17)13(18)14(19-8)20-10-4-2-9(3-5-10)6-15-7-21/h2-5,8,11-14,16-18H,6H2,1H3. The number of rotatable bonds is 4. The van der Waals surface area contributed by atoms with Crippen molar-refractivity contribution in [1.82, 2.24) is 0 Å². The Bertz CT molecular complexity index is 517. The fourth-order valence-electron chi connectivity index (χ4n) is 2.04.